The van der Waals surface area contributed by atoms with Gasteiger partial charge in [0.2, 0.25) is 0 Å². The van der Waals surface area contributed by atoms with Crippen molar-refractivity contribution in [3.63, 3.8) is 0 Å². The van der Waals surface area contributed by atoms with Gasteiger partial charge < -0.3 is 0 Å². The first kappa shape index (κ1) is 11.0. The van der Waals surface area contributed by atoms with E-state index in [1.165, 1.54) is 22.3 Å². The molecule has 88 valence electrons. The topological polar surface area (TPSA) is 0 Å². The molecule has 0 heteroatoms. The van der Waals surface area contributed by atoms with Crippen molar-refractivity contribution in [2.75, 3.05) is 0 Å². The van der Waals surface area contributed by atoms with Gasteiger partial charge in [-0.2, -0.15) is 0 Å². The summed E-state index contributed by atoms with van der Waals surface area (Å²) < 4.78 is 0. The van der Waals surface area contributed by atoms with Gasteiger partial charge in [-0.1, -0.05) is 78.4 Å². The lowest BCUT2D eigenvalue weighted by Crippen LogP contribution is -1.96. The van der Waals surface area contributed by atoms with Crippen LogP contribution in [0.25, 0.3) is 5.57 Å². The second-order valence-electron chi connectivity index (χ2n) is 4.76. The largest absolute Gasteiger partial charge is 0.0697 e. The zero-order chi connectivity index (χ0) is 12.4. The second-order valence-corrected chi connectivity index (χ2v) is 4.76. The van der Waals surface area contributed by atoms with E-state index in [1.54, 1.807) is 0 Å². The Labute approximate surface area is 108 Å². The van der Waals surface area contributed by atoms with E-state index in [2.05, 4.69) is 79.7 Å². The minimum Gasteiger partial charge on any atom is -0.0697 e. The van der Waals surface area contributed by atoms with Crippen molar-refractivity contribution in [3.8, 4) is 0 Å². The van der Waals surface area contributed by atoms with Crippen molar-refractivity contribution in [1.29, 1.82) is 0 Å². The highest BCUT2D eigenvalue weighted by Gasteiger charge is 2.20. The minimum atomic E-state index is 0.397. The Morgan fingerprint density at radius 2 is 1.39 bits per heavy atom. The fourth-order valence-electron chi connectivity index (χ4n) is 2.57. The third-order valence-electron chi connectivity index (χ3n) is 3.41. The van der Waals surface area contributed by atoms with Gasteiger partial charge in [0, 0.05) is 5.92 Å². The Balaban J connectivity index is 2.03. The van der Waals surface area contributed by atoms with E-state index in [4.69, 9.17) is 0 Å². The molecule has 0 fully saturated rings. The molecule has 0 aromatic heterocycles. The maximum absolute atomic E-state index is 2.34. The lowest BCUT2D eigenvalue weighted by atomic mass is 9.89. The quantitative estimate of drug-likeness (QED) is 0.696. The highest BCUT2D eigenvalue weighted by Crippen LogP contribution is 2.39. The summed E-state index contributed by atoms with van der Waals surface area (Å²) >= 11 is 0. The standard InChI is InChI=1S/C18H16/c1-14-12-17(15-8-4-2-5-9-15)18(13-14)16-10-6-3-7-11-16/h2-13,17H,1H3. The highest BCUT2D eigenvalue weighted by atomic mass is 14.2. The lowest BCUT2D eigenvalue weighted by Gasteiger charge is -2.14. The summed E-state index contributed by atoms with van der Waals surface area (Å²) in [6.07, 6.45) is 4.64. The molecule has 1 atom stereocenters. The van der Waals surface area contributed by atoms with Gasteiger partial charge in [-0.05, 0) is 23.6 Å². The molecule has 18 heavy (non-hydrogen) atoms. The van der Waals surface area contributed by atoms with Crippen LogP contribution in [0.2, 0.25) is 0 Å². The summed E-state index contributed by atoms with van der Waals surface area (Å²) in [5.74, 6) is 0.397. The van der Waals surface area contributed by atoms with Crippen LogP contribution in [0.5, 0.6) is 0 Å². The Morgan fingerprint density at radius 3 is 2.06 bits per heavy atom. The first-order chi connectivity index (χ1) is 8.84. The zero-order valence-corrected chi connectivity index (χ0v) is 10.5. The molecule has 1 unspecified atom stereocenters. The smallest absolute Gasteiger partial charge is 0.0281 e. The fraction of sp³-hybridized carbons (Fsp3) is 0.111. The van der Waals surface area contributed by atoms with E-state index in [-0.39, 0.29) is 0 Å². The molecule has 0 aliphatic heterocycles. The third kappa shape index (κ3) is 2.02. The van der Waals surface area contributed by atoms with Crippen molar-refractivity contribution < 1.29 is 0 Å². The summed E-state index contributed by atoms with van der Waals surface area (Å²) in [5, 5.41) is 0. The number of hydrogen-bond donors (Lipinski definition) is 0. The molecule has 0 N–H and O–H groups in total. The second kappa shape index (κ2) is 4.66. The molecule has 0 nitrogen and oxygen atoms in total. The predicted molar refractivity (Wildman–Crippen MR) is 77.4 cm³/mol. The van der Waals surface area contributed by atoms with Gasteiger partial charge >= 0.3 is 0 Å². The molecule has 2 aromatic carbocycles. The van der Waals surface area contributed by atoms with Gasteiger partial charge in [0.05, 0.1) is 0 Å². The van der Waals surface area contributed by atoms with Crippen LogP contribution in [0.15, 0.2) is 78.4 Å². The highest BCUT2D eigenvalue weighted by molar-refractivity contribution is 5.78. The summed E-state index contributed by atoms with van der Waals surface area (Å²) in [7, 11) is 0. The van der Waals surface area contributed by atoms with E-state index in [0.29, 0.717) is 5.92 Å². The molecule has 0 saturated carbocycles. The van der Waals surface area contributed by atoms with Gasteiger partial charge in [-0.25, -0.2) is 0 Å². The van der Waals surface area contributed by atoms with E-state index >= 15 is 0 Å². The molecule has 0 bridgehead atoms. The van der Waals surface area contributed by atoms with E-state index < -0.39 is 0 Å². The van der Waals surface area contributed by atoms with Crippen LogP contribution >= 0.6 is 0 Å². The molecular weight excluding hydrogens is 216 g/mol. The van der Waals surface area contributed by atoms with Gasteiger partial charge in [0.15, 0.2) is 0 Å². The van der Waals surface area contributed by atoms with Crippen molar-refractivity contribution in [3.05, 3.63) is 89.5 Å². The molecule has 0 heterocycles. The van der Waals surface area contributed by atoms with Crippen molar-refractivity contribution in [2.24, 2.45) is 0 Å². The molecule has 1 aliphatic carbocycles. The van der Waals surface area contributed by atoms with Crippen LogP contribution in [0, 0.1) is 0 Å². The molecule has 0 amide bonds. The molecule has 0 radical (unpaired) electrons. The van der Waals surface area contributed by atoms with Crippen molar-refractivity contribution >= 4 is 5.57 Å². The number of allylic oxidation sites excluding steroid dienone is 4. The molecule has 0 spiro atoms. The van der Waals surface area contributed by atoms with E-state index in [0.717, 1.165) is 0 Å². The molecule has 1 aliphatic rings. The first-order valence-electron chi connectivity index (χ1n) is 6.35. The molecular formula is C18H16. The minimum absolute atomic E-state index is 0.397. The normalized spacial score (nSPS) is 18.4. The van der Waals surface area contributed by atoms with Crippen molar-refractivity contribution in [2.45, 2.75) is 12.8 Å². The maximum Gasteiger partial charge on any atom is 0.0281 e. The fourth-order valence-corrected chi connectivity index (χ4v) is 2.57. The summed E-state index contributed by atoms with van der Waals surface area (Å²) in [5.41, 5.74) is 5.44. The lowest BCUT2D eigenvalue weighted by molar-refractivity contribution is 1.12. The van der Waals surface area contributed by atoms with Crippen LogP contribution < -0.4 is 0 Å². The van der Waals surface area contributed by atoms with Crippen molar-refractivity contribution in [1.82, 2.24) is 0 Å². The predicted octanol–water partition coefficient (Wildman–Crippen LogP) is 4.81. The summed E-state index contributed by atoms with van der Waals surface area (Å²) in [6.45, 7) is 2.17. The Morgan fingerprint density at radius 1 is 0.778 bits per heavy atom. The van der Waals surface area contributed by atoms with Gasteiger partial charge in [0.25, 0.3) is 0 Å². The molecule has 3 rings (SSSR count). The average molecular weight is 232 g/mol. The van der Waals surface area contributed by atoms with Crippen LogP contribution in [0.4, 0.5) is 0 Å². The average Bonchev–Trinajstić information content (AvgIpc) is 2.83. The van der Waals surface area contributed by atoms with E-state index in [1.807, 2.05) is 0 Å². The monoisotopic (exact) mass is 232 g/mol. The molecule has 2 aromatic rings. The third-order valence-corrected chi connectivity index (χ3v) is 3.41. The van der Waals surface area contributed by atoms with Crippen LogP contribution in [0.1, 0.15) is 24.0 Å². The van der Waals surface area contributed by atoms with Gasteiger partial charge in [0.1, 0.15) is 0 Å². The SMILES string of the molecule is CC1=CC(c2ccccc2)C(c2ccccc2)=C1. The number of hydrogen-bond acceptors (Lipinski definition) is 0. The zero-order valence-electron chi connectivity index (χ0n) is 10.5. The Bertz CT molecular complexity index is 588. The van der Waals surface area contributed by atoms with Crippen LogP contribution in [0.3, 0.4) is 0 Å². The van der Waals surface area contributed by atoms with Crippen LogP contribution in [-0.2, 0) is 0 Å². The van der Waals surface area contributed by atoms with Gasteiger partial charge in [-0.3, -0.25) is 0 Å². The Kier molecular flexibility index (Phi) is 2.85. The maximum atomic E-state index is 2.34. The van der Waals surface area contributed by atoms with Crippen LogP contribution in [-0.4, -0.2) is 0 Å². The first-order valence-corrected chi connectivity index (χ1v) is 6.35. The Hall–Kier alpha value is -2.08. The summed E-state index contributed by atoms with van der Waals surface area (Å²) in [6, 6.07) is 21.4. The van der Waals surface area contributed by atoms with Gasteiger partial charge in [-0.15, -0.1) is 0 Å². The number of benzene rings is 2. The summed E-state index contributed by atoms with van der Waals surface area (Å²) in [4.78, 5) is 0. The van der Waals surface area contributed by atoms with E-state index in [9.17, 15) is 0 Å². The molecule has 0 saturated heterocycles. The number of rotatable bonds is 2.